The minimum Gasteiger partial charge on any atom is -0.384 e. The summed E-state index contributed by atoms with van der Waals surface area (Å²) in [5.41, 5.74) is 8.70. The van der Waals surface area contributed by atoms with Crippen LogP contribution in [0, 0.1) is 5.41 Å². The summed E-state index contributed by atoms with van der Waals surface area (Å²) < 4.78 is 0. The molecule has 28 heavy (non-hydrogen) atoms. The summed E-state index contributed by atoms with van der Waals surface area (Å²) in [5, 5.41) is 18.6. The SMILES string of the molecule is CN(C)CCCCc1ncc2ccccc2c1N=Nc1ccc(C(=N)N)cc1. The van der Waals surface area contributed by atoms with Crippen molar-refractivity contribution in [2.24, 2.45) is 16.0 Å². The summed E-state index contributed by atoms with van der Waals surface area (Å²) >= 11 is 0. The molecule has 0 spiro atoms. The van der Waals surface area contributed by atoms with Crippen molar-refractivity contribution in [3.8, 4) is 0 Å². The molecule has 0 saturated heterocycles. The molecule has 0 saturated carbocycles. The molecular formula is C22H26N6. The van der Waals surface area contributed by atoms with Crippen molar-refractivity contribution in [1.29, 1.82) is 5.41 Å². The second-order valence-corrected chi connectivity index (χ2v) is 7.06. The van der Waals surface area contributed by atoms with Crippen molar-refractivity contribution in [3.63, 3.8) is 0 Å². The summed E-state index contributed by atoms with van der Waals surface area (Å²) in [6.45, 7) is 1.06. The van der Waals surface area contributed by atoms with E-state index >= 15 is 0 Å². The van der Waals surface area contributed by atoms with E-state index in [9.17, 15) is 0 Å². The lowest BCUT2D eigenvalue weighted by molar-refractivity contribution is 0.394. The summed E-state index contributed by atoms with van der Waals surface area (Å²) in [6, 6.07) is 15.3. The Kier molecular flexibility index (Phi) is 6.45. The molecule has 0 fully saturated rings. The summed E-state index contributed by atoms with van der Waals surface area (Å²) in [5.74, 6) is 0.0433. The molecule has 0 atom stereocenters. The molecule has 1 aromatic heterocycles. The minimum absolute atomic E-state index is 0.0433. The molecule has 6 heteroatoms. The van der Waals surface area contributed by atoms with Crippen LogP contribution in [0.1, 0.15) is 24.1 Å². The fourth-order valence-corrected chi connectivity index (χ4v) is 3.02. The highest BCUT2D eigenvalue weighted by atomic mass is 15.1. The number of pyridine rings is 1. The number of azo groups is 1. The van der Waals surface area contributed by atoms with E-state index in [0.717, 1.165) is 53.6 Å². The van der Waals surface area contributed by atoms with Crippen LogP contribution in [0.5, 0.6) is 0 Å². The van der Waals surface area contributed by atoms with Gasteiger partial charge in [0.25, 0.3) is 0 Å². The van der Waals surface area contributed by atoms with Crippen molar-refractivity contribution in [2.75, 3.05) is 20.6 Å². The molecule has 2 aromatic carbocycles. The first-order valence-electron chi connectivity index (χ1n) is 9.42. The first kappa shape index (κ1) is 19.6. The molecule has 144 valence electrons. The molecule has 3 aromatic rings. The quantitative estimate of drug-likeness (QED) is 0.256. The molecule has 0 aliphatic rings. The fraction of sp³-hybridized carbons (Fsp3) is 0.273. The molecular weight excluding hydrogens is 348 g/mol. The van der Waals surface area contributed by atoms with Gasteiger partial charge >= 0.3 is 0 Å². The number of hydrogen-bond acceptors (Lipinski definition) is 5. The normalized spacial score (nSPS) is 11.5. The zero-order chi connectivity index (χ0) is 19.9. The van der Waals surface area contributed by atoms with E-state index < -0.39 is 0 Å². The number of rotatable bonds is 8. The number of hydrogen-bond donors (Lipinski definition) is 2. The number of nitrogens with one attached hydrogen (secondary N) is 1. The van der Waals surface area contributed by atoms with Gasteiger partial charge in [-0.25, -0.2) is 0 Å². The van der Waals surface area contributed by atoms with Gasteiger partial charge < -0.3 is 10.6 Å². The largest absolute Gasteiger partial charge is 0.384 e. The standard InChI is InChI=1S/C22H26N6/c1-28(2)14-6-5-9-20-21(19-8-4-3-7-17(19)15-25-20)27-26-18-12-10-16(11-13-18)22(23)24/h3-4,7-8,10-13,15H,5-6,9,14H2,1-2H3,(H3,23,24). The maximum Gasteiger partial charge on any atom is 0.122 e. The summed E-state index contributed by atoms with van der Waals surface area (Å²) in [7, 11) is 4.18. The topological polar surface area (TPSA) is 90.7 Å². The second kappa shape index (κ2) is 9.19. The first-order chi connectivity index (χ1) is 13.5. The molecule has 6 nitrogen and oxygen atoms in total. The molecule has 0 bridgehead atoms. The van der Waals surface area contributed by atoms with Crippen molar-refractivity contribution >= 4 is 28.0 Å². The van der Waals surface area contributed by atoms with Gasteiger partial charge in [0.2, 0.25) is 0 Å². The Morgan fingerprint density at radius 1 is 1.04 bits per heavy atom. The highest BCUT2D eigenvalue weighted by Crippen LogP contribution is 2.31. The summed E-state index contributed by atoms with van der Waals surface area (Å²) in [6.07, 6.45) is 4.96. The maximum atomic E-state index is 7.48. The zero-order valence-corrected chi connectivity index (χ0v) is 16.4. The molecule has 3 N–H and O–H groups in total. The van der Waals surface area contributed by atoms with E-state index in [0.29, 0.717) is 5.56 Å². The summed E-state index contributed by atoms with van der Waals surface area (Å²) in [4.78, 5) is 6.85. The lowest BCUT2D eigenvalue weighted by Gasteiger charge is -2.10. The van der Waals surface area contributed by atoms with Crippen LogP contribution in [0.4, 0.5) is 11.4 Å². The predicted octanol–water partition coefficient (Wildman–Crippen LogP) is 4.82. The van der Waals surface area contributed by atoms with E-state index in [2.05, 4.69) is 40.3 Å². The predicted molar refractivity (Wildman–Crippen MR) is 115 cm³/mol. The molecule has 0 unspecified atom stereocenters. The number of amidine groups is 1. The number of unbranched alkanes of at least 4 members (excludes halogenated alkanes) is 1. The van der Waals surface area contributed by atoms with Gasteiger partial charge in [0.05, 0.1) is 11.4 Å². The third kappa shape index (κ3) is 4.98. The average Bonchev–Trinajstić information content (AvgIpc) is 2.70. The number of fused-ring (bicyclic) bond motifs is 1. The number of nitrogens with zero attached hydrogens (tertiary/aromatic N) is 4. The second-order valence-electron chi connectivity index (χ2n) is 7.06. The van der Waals surface area contributed by atoms with E-state index in [4.69, 9.17) is 11.1 Å². The molecule has 3 rings (SSSR count). The number of aryl methyl sites for hydroxylation is 1. The number of aromatic nitrogens is 1. The first-order valence-corrected chi connectivity index (χ1v) is 9.42. The van der Waals surface area contributed by atoms with Crippen LogP contribution in [0.3, 0.4) is 0 Å². The van der Waals surface area contributed by atoms with E-state index in [-0.39, 0.29) is 5.84 Å². The van der Waals surface area contributed by atoms with Gasteiger partial charge in [-0.15, -0.1) is 5.11 Å². The molecule has 1 heterocycles. The smallest absolute Gasteiger partial charge is 0.122 e. The van der Waals surface area contributed by atoms with Gasteiger partial charge in [-0.1, -0.05) is 24.3 Å². The third-order valence-electron chi connectivity index (χ3n) is 4.56. The number of nitrogen functional groups attached to an aromatic ring is 1. The van der Waals surface area contributed by atoms with Crippen LogP contribution in [0.2, 0.25) is 0 Å². The Hall–Kier alpha value is -3.12. The average molecular weight is 374 g/mol. The Balaban J connectivity index is 1.88. The van der Waals surface area contributed by atoms with Crippen LogP contribution < -0.4 is 5.73 Å². The Morgan fingerprint density at radius 3 is 2.50 bits per heavy atom. The fourth-order valence-electron chi connectivity index (χ4n) is 3.02. The minimum atomic E-state index is 0.0433. The maximum absolute atomic E-state index is 7.48. The van der Waals surface area contributed by atoms with Crippen LogP contribution in [-0.2, 0) is 6.42 Å². The van der Waals surface area contributed by atoms with Crippen molar-refractivity contribution in [1.82, 2.24) is 9.88 Å². The van der Waals surface area contributed by atoms with Gasteiger partial charge in [-0.3, -0.25) is 10.4 Å². The van der Waals surface area contributed by atoms with Gasteiger partial charge in [0.15, 0.2) is 0 Å². The lowest BCUT2D eigenvalue weighted by atomic mass is 10.1. The third-order valence-corrected chi connectivity index (χ3v) is 4.56. The number of benzene rings is 2. The van der Waals surface area contributed by atoms with Gasteiger partial charge in [-0.05, 0) is 64.2 Å². The van der Waals surface area contributed by atoms with E-state index in [1.807, 2.05) is 36.5 Å². The lowest BCUT2D eigenvalue weighted by Crippen LogP contribution is -2.13. The van der Waals surface area contributed by atoms with Gasteiger partial charge in [0.1, 0.15) is 11.5 Å². The van der Waals surface area contributed by atoms with E-state index in [1.165, 1.54) is 0 Å². The zero-order valence-electron chi connectivity index (χ0n) is 16.4. The van der Waals surface area contributed by atoms with Crippen molar-refractivity contribution < 1.29 is 0 Å². The van der Waals surface area contributed by atoms with Gasteiger partial charge in [-0.2, -0.15) is 5.11 Å². The Labute approximate surface area is 165 Å². The van der Waals surface area contributed by atoms with Gasteiger partial charge in [0, 0.05) is 22.5 Å². The Morgan fingerprint density at radius 2 is 1.79 bits per heavy atom. The highest BCUT2D eigenvalue weighted by Gasteiger charge is 2.09. The Bertz CT molecular complexity index is 976. The monoisotopic (exact) mass is 374 g/mol. The van der Waals surface area contributed by atoms with Crippen molar-refractivity contribution in [2.45, 2.75) is 19.3 Å². The van der Waals surface area contributed by atoms with Crippen LogP contribution >= 0.6 is 0 Å². The van der Waals surface area contributed by atoms with E-state index in [1.54, 1.807) is 12.1 Å². The highest BCUT2D eigenvalue weighted by molar-refractivity contribution is 5.95. The molecule has 0 aliphatic carbocycles. The van der Waals surface area contributed by atoms with Crippen LogP contribution in [0.25, 0.3) is 10.8 Å². The molecule has 0 amide bonds. The molecule has 0 aliphatic heterocycles. The van der Waals surface area contributed by atoms with Crippen LogP contribution in [-0.4, -0.2) is 36.4 Å². The number of nitrogens with two attached hydrogens (primary N) is 1. The molecule has 0 radical (unpaired) electrons. The van der Waals surface area contributed by atoms with Crippen LogP contribution in [0.15, 0.2) is 65.0 Å². The van der Waals surface area contributed by atoms with Crippen molar-refractivity contribution in [3.05, 3.63) is 66.0 Å².